The maximum Gasteiger partial charge on any atom is 0.259 e. The molecular formula is C19H16BrN7O. The number of benzene rings is 1. The Labute approximate surface area is 168 Å². The van der Waals surface area contributed by atoms with Gasteiger partial charge < -0.3 is 5.32 Å². The van der Waals surface area contributed by atoms with E-state index in [0.717, 1.165) is 34.0 Å². The Kier molecular flexibility index (Phi) is 3.97. The number of pyridine rings is 1. The first-order chi connectivity index (χ1) is 13.6. The lowest BCUT2D eigenvalue weighted by Crippen LogP contribution is -2.12. The first-order valence-electron chi connectivity index (χ1n) is 8.93. The van der Waals surface area contributed by atoms with Crippen molar-refractivity contribution < 1.29 is 4.79 Å². The molecule has 0 radical (unpaired) electrons. The number of nitrogens with one attached hydrogen (secondary N) is 1. The second-order valence-corrected chi connectivity index (χ2v) is 7.80. The summed E-state index contributed by atoms with van der Waals surface area (Å²) in [5.74, 6) is 0.338. The fourth-order valence-corrected chi connectivity index (χ4v) is 3.35. The zero-order valence-corrected chi connectivity index (χ0v) is 16.6. The molecule has 1 aliphatic carbocycles. The lowest BCUT2D eigenvalue weighted by atomic mass is 10.1. The van der Waals surface area contributed by atoms with Crippen LogP contribution in [0.2, 0.25) is 0 Å². The van der Waals surface area contributed by atoms with Gasteiger partial charge >= 0.3 is 0 Å². The second-order valence-electron chi connectivity index (χ2n) is 6.88. The SMILES string of the molecule is Cc1ccc(-c2nnn(C3CC3)n2)cc1NC(=O)c1cnn2ccc(Br)cc12. The maximum atomic E-state index is 12.9. The number of fused-ring (bicyclic) bond motifs is 1. The molecule has 8 nitrogen and oxygen atoms in total. The van der Waals surface area contributed by atoms with Gasteiger partial charge in [-0.25, -0.2) is 4.52 Å². The molecule has 140 valence electrons. The highest BCUT2D eigenvalue weighted by Crippen LogP contribution is 2.33. The number of rotatable bonds is 4. The minimum absolute atomic E-state index is 0.219. The van der Waals surface area contributed by atoms with Crippen LogP contribution in [-0.2, 0) is 0 Å². The zero-order valence-electron chi connectivity index (χ0n) is 15.0. The van der Waals surface area contributed by atoms with Crippen molar-refractivity contribution in [1.82, 2.24) is 29.8 Å². The lowest BCUT2D eigenvalue weighted by Gasteiger charge is -2.09. The molecule has 1 amide bonds. The van der Waals surface area contributed by atoms with Gasteiger partial charge in [0.05, 0.1) is 23.3 Å². The molecule has 1 saturated carbocycles. The second kappa shape index (κ2) is 6.52. The Bertz CT molecular complexity index is 1210. The normalized spacial score (nSPS) is 13.8. The summed E-state index contributed by atoms with van der Waals surface area (Å²) in [5.41, 5.74) is 3.71. The summed E-state index contributed by atoms with van der Waals surface area (Å²) in [5, 5.41) is 20.0. The minimum Gasteiger partial charge on any atom is -0.322 e. The van der Waals surface area contributed by atoms with Gasteiger partial charge in [-0.1, -0.05) is 28.1 Å². The Balaban J connectivity index is 1.45. The van der Waals surface area contributed by atoms with E-state index in [2.05, 4.69) is 41.8 Å². The molecule has 0 atom stereocenters. The summed E-state index contributed by atoms with van der Waals surface area (Å²) < 4.78 is 2.56. The smallest absolute Gasteiger partial charge is 0.259 e. The number of tetrazole rings is 1. The molecule has 0 unspecified atom stereocenters. The third kappa shape index (κ3) is 3.07. The van der Waals surface area contributed by atoms with Crippen molar-refractivity contribution in [2.75, 3.05) is 5.32 Å². The van der Waals surface area contributed by atoms with E-state index in [1.807, 2.05) is 37.3 Å². The Morgan fingerprint density at radius 3 is 2.93 bits per heavy atom. The third-order valence-corrected chi connectivity index (χ3v) is 5.27. The minimum atomic E-state index is -0.219. The van der Waals surface area contributed by atoms with E-state index in [-0.39, 0.29) is 5.91 Å². The van der Waals surface area contributed by atoms with E-state index in [4.69, 9.17) is 0 Å². The summed E-state index contributed by atoms with van der Waals surface area (Å²) in [6.07, 6.45) is 5.57. The van der Waals surface area contributed by atoms with Gasteiger partial charge in [0.1, 0.15) is 0 Å². The predicted molar refractivity (Wildman–Crippen MR) is 107 cm³/mol. The monoisotopic (exact) mass is 437 g/mol. The molecule has 1 aromatic carbocycles. The largest absolute Gasteiger partial charge is 0.322 e. The van der Waals surface area contributed by atoms with Crippen molar-refractivity contribution in [3.63, 3.8) is 0 Å². The van der Waals surface area contributed by atoms with E-state index in [1.54, 1.807) is 21.7 Å². The Morgan fingerprint density at radius 1 is 1.25 bits per heavy atom. The van der Waals surface area contributed by atoms with Crippen molar-refractivity contribution in [2.45, 2.75) is 25.8 Å². The molecule has 3 aromatic heterocycles. The summed E-state index contributed by atoms with van der Waals surface area (Å²) >= 11 is 3.44. The standard InChI is InChI=1S/C19H16BrN7O/c1-11-2-3-12(18-23-25-27(24-18)14-4-5-14)8-16(11)22-19(28)15-10-21-26-7-6-13(20)9-17(15)26/h2-3,6-10,14H,4-5H2,1H3,(H,22,28). The molecule has 0 bridgehead atoms. The Morgan fingerprint density at radius 2 is 2.11 bits per heavy atom. The van der Waals surface area contributed by atoms with Gasteiger partial charge in [-0.3, -0.25) is 4.79 Å². The van der Waals surface area contributed by atoms with E-state index >= 15 is 0 Å². The average molecular weight is 438 g/mol. The van der Waals surface area contributed by atoms with Crippen LogP contribution in [0.5, 0.6) is 0 Å². The fourth-order valence-electron chi connectivity index (χ4n) is 3.02. The topological polar surface area (TPSA) is 90.0 Å². The zero-order chi connectivity index (χ0) is 19.3. The van der Waals surface area contributed by atoms with Gasteiger partial charge in [-0.2, -0.15) is 9.90 Å². The van der Waals surface area contributed by atoms with Crippen LogP contribution in [0.3, 0.4) is 0 Å². The molecule has 0 spiro atoms. The van der Waals surface area contributed by atoms with Crippen molar-refractivity contribution in [3.8, 4) is 11.4 Å². The number of aryl methyl sites for hydroxylation is 1. The van der Waals surface area contributed by atoms with Crippen molar-refractivity contribution in [3.05, 3.63) is 58.3 Å². The summed E-state index contributed by atoms with van der Waals surface area (Å²) in [6, 6.07) is 9.87. The lowest BCUT2D eigenvalue weighted by molar-refractivity contribution is 0.102. The first-order valence-corrected chi connectivity index (χ1v) is 9.72. The molecular weight excluding hydrogens is 422 g/mol. The van der Waals surface area contributed by atoms with Gasteiger partial charge in [-0.05, 0) is 48.7 Å². The number of anilines is 1. The van der Waals surface area contributed by atoms with Gasteiger partial charge in [0.25, 0.3) is 5.91 Å². The van der Waals surface area contributed by atoms with Crippen LogP contribution in [0.4, 0.5) is 5.69 Å². The van der Waals surface area contributed by atoms with Crippen LogP contribution < -0.4 is 5.32 Å². The molecule has 1 fully saturated rings. The predicted octanol–water partition coefficient (Wildman–Crippen LogP) is 3.65. The molecule has 9 heteroatoms. The average Bonchev–Trinajstić information content (AvgIpc) is 3.26. The third-order valence-electron chi connectivity index (χ3n) is 4.77. The highest BCUT2D eigenvalue weighted by atomic mass is 79.9. The fraction of sp³-hybridized carbons (Fsp3) is 0.211. The van der Waals surface area contributed by atoms with Crippen molar-refractivity contribution in [1.29, 1.82) is 0 Å². The van der Waals surface area contributed by atoms with Crippen LogP contribution >= 0.6 is 15.9 Å². The molecule has 0 saturated heterocycles. The molecule has 4 aromatic rings. The number of nitrogens with zero attached hydrogens (tertiary/aromatic N) is 6. The van der Waals surface area contributed by atoms with E-state index in [1.165, 1.54) is 0 Å². The number of carbonyl (C=O) groups is 1. The van der Waals surface area contributed by atoms with Crippen LogP contribution in [0, 0.1) is 6.92 Å². The number of amides is 1. The number of hydrogen-bond acceptors (Lipinski definition) is 5. The molecule has 1 aliphatic rings. The van der Waals surface area contributed by atoms with Crippen LogP contribution in [0.15, 0.2) is 47.2 Å². The summed E-state index contributed by atoms with van der Waals surface area (Å²) in [7, 11) is 0. The maximum absolute atomic E-state index is 12.9. The Hall–Kier alpha value is -3.07. The van der Waals surface area contributed by atoms with E-state index in [0.29, 0.717) is 23.1 Å². The number of aromatic nitrogens is 6. The van der Waals surface area contributed by atoms with Gasteiger partial charge in [0.15, 0.2) is 0 Å². The highest BCUT2D eigenvalue weighted by Gasteiger charge is 2.26. The van der Waals surface area contributed by atoms with Crippen molar-refractivity contribution in [2.24, 2.45) is 0 Å². The number of halogens is 1. The van der Waals surface area contributed by atoms with E-state index in [9.17, 15) is 4.79 Å². The quantitative estimate of drug-likeness (QED) is 0.526. The molecule has 1 N–H and O–H groups in total. The van der Waals surface area contributed by atoms with E-state index < -0.39 is 0 Å². The van der Waals surface area contributed by atoms with Gasteiger partial charge in [0.2, 0.25) is 5.82 Å². The van der Waals surface area contributed by atoms with Crippen molar-refractivity contribution >= 4 is 33.0 Å². The van der Waals surface area contributed by atoms with Gasteiger partial charge in [-0.15, -0.1) is 10.2 Å². The molecule has 28 heavy (non-hydrogen) atoms. The molecule has 5 rings (SSSR count). The van der Waals surface area contributed by atoms with Crippen LogP contribution in [0.25, 0.3) is 16.9 Å². The van der Waals surface area contributed by atoms with Gasteiger partial charge in [0, 0.05) is 21.9 Å². The molecule has 0 aliphatic heterocycles. The number of carbonyl (C=O) groups excluding carboxylic acids is 1. The first kappa shape index (κ1) is 17.1. The molecule has 3 heterocycles. The van der Waals surface area contributed by atoms with Crippen LogP contribution in [-0.4, -0.2) is 35.7 Å². The summed E-state index contributed by atoms with van der Waals surface area (Å²) in [6.45, 7) is 1.94. The highest BCUT2D eigenvalue weighted by molar-refractivity contribution is 9.10. The number of hydrogen-bond donors (Lipinski definition) is 1. The summed E-state index contributed by atoms with van der Waals surface area (Å²) in [4.78, 5) is 14.5. The van der Waals surface area contributed by atoms with Crippen LogP contribution in [0.1, 0.15) is 34.8 Å².